The standard InChI is InChI=1S/C19H31N3O/c1-21(14-11-17-8-4-3-5-9-17)15-12-20-19(23)16-18-10-6-7-13-22(18)2/h3-5,8-9,18H,6-7,10-16H2,1-2H3,(H,20,23). The van der Waals surface area contributed by atoms with Gasteiger partial charge in [0.1, 0.15) is 0 Å². The van der Waals surface area contributed by atoms with E-state index in [-0.39, 0.29) is 5.91 Å². The van der Waals surface area contributed by atoms with Crippen molar-refractivity contribution in [2.45, 2.75) is 38.1 Å². The molecule has 4 nitrogen and oxygen atoms in total. The van der Waals surface area contributed by atoms with Gasteiger partial charge in [-0.3, -0.25) is 4.79 Å². The molecule has 1 aromatic rings. The molecule has 4 heteroatoms. The van der Waals surface area contributed by atoms with E-state index < -0.39 is 0 Å². The van der Waals surface area contributed by atoms with Crippen LogP contribution in [-0.2, 0) is 11.2 Å². The molecule has 1 saturated heterocycles. The van der Waals surface area contributed by atoms with Crippen LogP contribution in [0.4, 0.5) is 0 Å². The van der Waals surface area contributed by atoms with E-state index in [4.69, 9.17) is 0 Å². The Morgan fingerprint density at radius 1 is 1.26 bits per heavy atom. The lowest BCUT2D eigenvalue weighted by Gasteiger charge is -2.32. The second-order valence-electron chi connectivity index (χ2n) is 6.72. The maximum Gasteiger partial charge on any atom is 0.221 e. The maximum absolute atomic E-state index is 12.1. The van der Waals surface area contributed by atoms with Crippen molar-refractivity contribution in [1.29, 1.82) is 0 Å². The minimum Gasteiger partial charge on any atom is -0.355 e. The van der Waals surface area contributed by atoms with Gasteiger partial charge in [-0.25, -0.2) is 0 Å². The summed E-state index contributed by atoms with van der Waals surface area (Å²) in [6.07, 6.45) is 5.37. The number of rotatable bonds is 8. The van der Waals surface area contributed by atoms with Gasteiger partial charge < -0.3 is 15.1 Å². The van der Waals surface area contributed by atoms with Gasteiger partial charge in [0.25, 0.3) is 0 Å². The van der Waals surface area contributed by atoms with E-state index in [1.54, 1.807) is 0 Å². The monoisotopic (exact) mass is 317 g/mol. The summed E-state index contributed by atoms with van der Waals surface area (Å²) in [6.45, 7) is 3.78. The van der Waals surface area contributed by atoms with E-state index in [9.17, 15) is 4.79 Å². The SMILES string of the molecule is CN(CCNC(=O)CC1CCCCN1C)CCc1ccccc1. The van der Waals surface area contributed by atoms with E-state index in [1.165, 1.54) is 18.4 Å². The van der Waals surface area contributed by atoms with Crippen LogP contribution >= 0.6 is 0 Å². The molecular formula is C19H31N3O. The highest BCUT2D eigenvalue weighted by Gasteiger charge is 2.21. The quantitative estimate of drug-likeness (QED) is 0.798. The Hall–Kier alpha value is -1.39. The van der Waals surface area contributed by atoms with E-state index in [2.05, 4.69) is 53.5 Å². The number of piperidine rings is 1. The van der Waals surface area contributed by atoms with Gasteiger partial charge in [0.15, 0.2) is 0 Å². The third-order valence-corrected chi connectivity index (χ3v) is 4.78. The topological polar surface area (TPSA) is 35.6 Å². The Morgan fingerprint density at radius 3 is 2.78 bits per heavy atom. The summed E-state index contributed by atoms with van der Waals surface area (Å²) in [5, 5.41) is 3.07. The smallest absolute Gasteiger partial charge is 0.221 e. The first kappa shape index (κ1) is 18.0. The number of hydrogen-bond donors (Lipinski definition) is 1. The number of likely N-dealkylation sites (tertiary alicyclic amines) is 1. The van der Waals surface area contributed by atoms with Gasteiger partial charge in [-0.15, -0.1) is 0 Å². The molecule has 2 rings (SSSR count). The average Bonchev–Trinajstić information content (AvgIpc) is 2.56. The lowest BCUT2D eigenvalue weighted by molar-refractivity contribution is -0.122. The van der Waals surface area contributed by atoms with Crippen LogP contribution < -0.4 is 5.32 Å². The van der Waals surface area contributed by atoms with Gasteiger partial charge in [-0.2, -0.15) is 0 Å². The van der Waals surface area contributed by atoms with Crippen molar-refractivity contribution in [3.63, 3.8) is 0 Å². The average molecular weight is 317 g/mol. The minimum atomic E-state index is 0.195. The largest absolute Gasteiger partial charge is 0.355 e. The van der Waals surface area contributed by atoms with Crippen LogP contribution in [0.5, 0.6) is 0 Å². The Kier molecular flexibility index (Phi) is 7.56. The third kappa shape index (κ3) is 6.71. The molecule has 1 unspecified atom stereocenters. The molecule has 1 atom stereocenters. The number of benzene rings is 1. The summed E-state index contributed by atoms with van der Waals surface area (Å²) in [6, 6.07) is 11.0. The summed E-state index contributed by atoms with van der Waals surface area (Å²) in [5.41, 5.74) is 1.36. The molecule has 128 valence electrons. The fourth-order valence-corrected chi connectivity index (χ4v) is 3.15. The van der Waals surface area contributed by atoms with Crippen molar-refractivity contribution < 1.29 is 4.79 Å². The van der Waals surface area contributed by atoms with Gasteiger partial charge in [0.2, 0.25) is 5.91 Å². The molecule has 1 amide bonds. The van der Waals surface area contributed by atoms with Crippen LogP contribution in [0.1, 0.15) is 31.2 Å². The van der Waals surface area contributed by atoms with Crippen molar-refractivity contribution in [3.05, 3.63) is 35.9 Å². The second-order valence-corrected chi connectivity index (χ2v) is 6.72. The van der Waals surface area contributed by atoms with Crippen LogP contribution in [-0.4, -0.2) is 62.0 Å². The summed E-state index contributed by atoms with van der Waals surface area (Å²) in [7, 11) is 4.25. The molecule has 0 radical (unpaired) electrons. The number of amides is 1. The zero-order chi connectivity index (χ0) is 16.5. The molecule has 0 bridgehead atoms. The fraction of sp³-hybridized carbons (Fsp3) is 0.632. The van der Waals surface area contributed by atoms with Crippen LogP contribution in [0.25, 0.3) is 0 Å². The molecular weight excluding hydrogens is 286 g/mol. The van der Waals surface area contributed by atoms with Crippen molar-refractivity contribution >= 4 is 5.91 Å². The molecule has 1 aromatic carbocycles. The van der Waals surface area contributed by atoms with E-state index in [0.29, 0.717) is 12.5 Å². The molecule has 0 saturated carbocycles. The number of carbonyl (C=O) groups excluding carboxylic acids is 1. The zero-order valence-electron chi connectivity index (χ0n) is 14.6. The predicted octanol–water partition coefficient (Wildman–Crippen LogP) is 2.15. The normalized spacial score (nSPS) is 19.0. The minimum absolute atomic E-state index is 0.195. The first-order chi connectivity index (χ1) is 11.1. The fourth-order valence-electron chi connectivity index (χ4n) is 3.15. The molecule has 1 N–H and O–H groups in total. The number of nitrogens with one attached hydrogen (secondary N) is 1. The molecule has 0 aromatic heterocycles. The highest BCUT2D eigenvalue weighted by Crippen LogP contribution is 2.17. The third-order valence-electron chi connectivity index (χ3n) is 4.78. The van der Waals surface area contributed by atoms with E-state index in [0.717, 1.165) is 39.0 Å². The summed E-state index contributed by atoms with van der Waals surface area (Å²) in [4.78, 5) is 16.7. The number of nitrogens with zero attached hydrogens (tertiary/aromatic N) is 2. The Morgan fingerprint density at radius 2 is 2.04 bits per heavy atom. The highest BCUT2D eigenvalue weighted by atomic mass is 16.1. The van der Waals surface area contributed by atoms with Crippen LogP contribution in [0.2, 0.25) is 0 Å². The van der Waals surface area contributed by atoms with Gasteiger partial charge in [-0.1, -0.05) is 36.8 Å². The molecule has 1 heterocycles. The van der Waals surface area contributed by atoms with Crippen LogP contribution in [0.15, 0.2) is 30.3 Å². The van der Waals surface area contributed by atoms with Gasteiger partial charge in [-0.05, 0) is 45.5 Å². The molecule has 1 aliphatic heterocycles. The predicted molar refractivity (Wildman–Crippen MR) is 95.5 cm³/mol. The van der Waals surface area contributed by atoms with Gasteiger partial charge in [0.05, 0.1) is 0 Å². The lowest BCUT2D eigenvalue weighted by Crippen LogP contribution is -2.41. The number of carbonyl (C=O) groups is 1. The van der Waals surface area contributed by atoms with Crippen molar-refractivity contribution in [1.82, 2.24) is 15.1 Å². The van der Waals surface area contributed by atoms with Crippen molar-refractivity contribution in [2.24, 2.45) is 0 Å². The summed E-state index contributed by atoms with van der Waals surface area (Å²) < 4.78 is 0. The Labute approximate surface area is 140 Å². The zero-order valence-corrected chi connectivity index (χ0v) is 14.6. The molecule has 23 heavy (non-hydrogen) atoms. The Bertz CT molecular complexity index is 463. The molecule has 1 fully saturated rings. The molecule has 0 aliphatic carbocycles. The first-order valence-corrected chi connectivity index (χ1v) is 8.84. The Balaban J connectivity index is 1.57. The number of hydrogen-bond acceptors (Lipinski definition) is 3. The van der Waals surface area contributed by atoms with Gasteiger partial charge >= 0.3 is 0 Å². The second kappa shape index (κ2) is 9.68. The van der Waals surface area contributed by atoms with Gasteiger partial charge in [0, 0.05) is 32.1 Å². The van der Waals surface area contributed by atoms with E-state index in [1.807, 2.05) is 6.07 Å². The molecule has 0 spiro atoms. The first-order valence-electron chi connectivity index (χ1n) is 8.84. The van der Waals surface area contributed by atoms with Crippen LogP contribution in [0.3, 0.4) is 0 Å². The lowest BCUT2D eigenvalue weighted by atomic mass is 10.00. The van der Waals surface area contributed by atoms with Crippen LogP contribution in [0, 0.1) is 0 Å². The molecule has 1 aliphatic rings. The van der Waals surface area contributed by atoms with Crippen molar-refractivity contribution in [2.75, 3.05) is 40.3 Å². The highest BCUT2D eigenvalue weighted by molar-refractivity contribution is 5.76. The van der Waals surface area contributed by atoms with Crippen molar-refractivity contribution in [3.8, 4) is 0 Å². The van der Waals surface area contributed by atoms with E-state index >= 15 is 0 Å². The summed E-state index contributed by atoms with van der Waals surface area (Å²) in [5.74, 6) is 0.195. The summed E-state index contributed by atoms with van der Waals surface area (Å²) >= 11 is 0. The maximum atomic E-state index is 12.1. The number of likely N-dealkylation sites (N-methyl/N-ethyl adjacent to an activating group) is 1.